The number of methoxy groups -OCH3 is 1. The Hall–Kier alpha value is -1.39. The van der Waals surface area contributed by atoms with E-state index in [1.54, 1.807) is 7.11 Å². The smallest absolute Gasteiger partial charge is 0.222 e. The number of carbonyl (C=O) groups excluding carboxylic acids is 1. The standard InChI is InChI=1S/C16H23NO3/c1-12(19-2)10-15(18)17-11-14-8-9-20-16(14)13-6-4-3-5-7-13/h3-7,12,14,16H,8-11H2,1-2H3,(H,17,18)/t12?,14-,16-/m1/s1. The summed E-state index contributed by atoms with van der Waals surface area (Å²) in [6, 6.07) is 10.2. The Bertz CT molecular complexity index is 421. The molecule has 2 rings (SSSR count). The molecule has 1 heterocycles. The van der Waals surface area contributed by atoms with Crippen molar-refractivity contribution in [1.82, 2.24) is 5.32 Å². The van der Waals surface area contributed by atoms with Gasteiger partial charge in [0.05, 0.1) is 18.6 Å². The number of rotatable bonds is 6. The summed E-state index contributed by atoms with van der Waals surface area (Å²) < 4.78 is 10.9. The highest BCUT2D eigenvalue weighted by molar-refractivity contribution is 5.76. The van der Waals surface area contributed by atoms with Gasteiger partial charge in [-0.3, -0.25) is 4.79 Å². The summed E-state index contributed by atoms with van der Waals surface area (Å²) in [5.41, 5.74) is 1.19. The fourth-order valence-corrected chi connectivity index (χ4v) is 2.52. The second-order valence-electron chi connectivity index (χ2n) is 5.31. The lowest BCUT2D eigenvalue weighted by Gasteiger charge is -2.19. The minimum absolute atomic E-state index is 0.0399. The monoisotopic (exact) mass is 277 g/mol. The van der Waals surface area contributed by atoms with Crippen LogP contribution in [0.5, 0.6) is 0 Å². The van der Waals surface area contributed by atoms with Gasteiger partial charge in [-0.05, 0) is 18.9 Å². The maximum absolute atomic E-state index is 11.8. The molecule has 4 nitrogen and oxygen atoms in total. The minimum Gasteiger partial charge on any atom is -0.381 e. The molecular weight excluding hydrogens is 254 g/mol. The third kappa shape index (κ3) is 4.05. The highest BCUT2D eigenvalue weighted by Crippen LogP contribution is 2.33. The summed E-state index contributed by atoms with van der Waals surface area (Å²) in [5.74, 6) is 0.386. The maximum atomic E-state index is 11.8. The lowest BCUT2D eigenvalue weighted by molar-refractivity contribution is -0.123. The van der Waals surface area contributed by atoms with E-state index in [1.807, 2.05) is 25.1 Å². The van der Waals surface area contributed by atoms with Crippen LogP contribution in [0.3, 0.4) is 0 Å². The average Bonchev–Trinajstić information content (AvgIpc) is 2.94. The molecule has 1 aliphatic heterocycles. The Balaban J connectivity index is 1.84. The Morgan fingerprint density at radius 3 is 2.90 bits per heavy atom. The van der Waals surface area contributed by atoms with Gasteiger partial charge in [0.25, 0.3) is 0 Å². The van der Waals surface area contributed by atoms with Gasteiger partial charge in [0.1, 0.15) is 0 Å². The van der Waals surface area contributed by atoms with Crippen molar-refractivity contribution in [3.63, 3.8) is 0 Å². The molecule has 1 aliphatic rings. The molecule has 1 aromatic carbocycles. The molecule has 20 heavy (non-hydrogen) atoms. The van der Waals surface area contributed by atoms with Crippen LogP contribution in [0.15, 0.2) is 30.3 Å². The van der Waals surface area contributed by atoms with Gasteiger partial charge in [0.2, 0.25) is 5.91 Å². The zero-order valence-corrected chi connectivity index (χ0v) is 12.2. The summed E-state index contributed by atoms with van der Waals surface area (Å²) in [5, 5.41) is 2.99. The van der Waals surface area contributed by atoms with E-state index in [2.05, 4.69) is 17.4 Å². The highest BCUT2D eigenvalue weighted by atomic mass is 16.5. The van der Waals surface area contributed by atoms with E-state index in [0.29, 0.717) is 18.9 Å². The van der Waals surface area contributed by atoms with E-state index in [4.69, 9.17) is 9.47 Å². The molecule has 0 spiro atoms. The first kappa shape index (κ1) is 15.0. The van der Waals surface area contributed by atoms with Crippen LogP contribution in [0.4, 0.5) is 0 Å². The van der Waals surface area contributed by atoms with Crippen molar-refractivity contribution in [3.05, 3.63) is 35.9 Å². The SMILES string of the molecule is COC(C)CC(=O)NC[C@H]1CCO[C@@H]1c1ccccc1. The molecule has 1 saturated heterocycles. The molecule has 110 valence electrons. The van der Waals surface area contributed by atoms with E-state index in [0.717, 1.165) is 13.0 Å². The van der Waals surface area contributed by atoms with E-state index in [1.165, 1.54) is 5.56 Å². The lowest BCUT2D eigenvalue weighted by atomic mass is 9.95. The molecule has 4 heteroatoms. The molecule has 1 unspecified atom stereocenters. The van der Waals surface area contributed by atoms with Crippen LogP contribution in [-0.2, 0) is 14.3 Å². The van der Waals surface area contributed by atoms with Crippen LogP contribution in [0.25, 0.3) is 0 Å². The molecule has 1 aromatic rings. The zero-order chi connectivity index (χ0) is 14.4. The summed E-state index contributed by atoms with van der Waals surface area (Å²) in [4.78, 5) is 11.8. The fourth-order valence-electron chi connectivity index (χ4n) is 2.52. The Morgan fingerprint density at radius 1 is 1.45 bits per heavy atom. The van der Waals surface area contributed by atoms with Gasteiger partial charge >= 0.3 is 0 Å². The largest absolute Gasteiger partial charge is 0.381 e. The van der Waals surface area contributed by atoms with Crippen molar-refractivity contribution in [1.29, 1.82) is 0 Å². The number of hydrogen-bond donors (Lipinski definition) is 1. The number of benzene rings is 1. The lowest BCUT2D eigenvalue weighted by Crippen LogP contribution is -2.32. The number of ether oxygens (including phenoxy) is 2. The second-order valence-corrected chi connectivity index (χ2v) is 5.31. The third-order valence-electron chi connectivity index (χ3n) is 3.78. The van der Waals surface area contributed by atoms with Crippen LogP contribution < -0.4 is 5.32 Å². The van der Waals surface area contributed by atoms with Gasteiger partial charge in [-0.15, -0.1) is 0 Å². The van der Waals surface area contributed by atoms with E-state index in [-0.39, 0.29) is 18.1 Å². The summed E-state index contributed by atoms with van der Waals surface area (Å²) in [6.45, 7) is 3.31. The second kappa shape index (κ2) is 7.41. The molecule has 1 N–H and O–H groups in total. The van der Waals surface area contributed by atoms with Gasteiger partial charge in [-0.2, -0.15) is 0 Å². The number of hydrogen-bond acceptors (Lipinski definition) is 3. The van der Waals surface area contributed by atoms with Crippen molar-refractivity contribution in [2.75, 3.05) is 20.3 Å². The zero-order valence-electron chi connectivity index (χ0n) is 12.2. The Morgan fingerprint density at radius 2 is 2.20 bits per heavy atom. The van der Waals surface area contributed by atoms with Crippen molar-refractivity contribution < 1.29 is 14.3 Å². The predicted molar refractivity (Wildman–Crippen MR) is 77.3 cm³/mol. The van der Waals surface area contributed by atoms with Crippen molar-refractivity contribution >= 4 is 5.91 Å². The molecule has 1 fully saturated rings. The minimum atomic E-state index is -0.0419. The van der Waals surface area contributed by atoms with Crippen LogP contribution in [-0.4, -0.2) is 32.3 Å². The van der Waals surface area contributed by atoms with Crippen molar-refractivity contribution in [2.24, 2.45) is 5.92 Å². The fraction of sp³-hybridized carbons (Fsp3) is 0.562. The first-order valence-corrected chi connectivity index (χ1v) is 7.16. The van der Waals surface area contributed by atoms with Gasteiger partial charge in [-0.25, -0.2) is 0 Å². The van der Waals surface area contributed by atoms with Gasteiger partial charge in [-0.1, -0.05) is 30.3 Å². The topological polar surface area (TPSA) is 47.6 Å². The summed E-state index contributed by atoms with van der Waals surface area (Å²) >= 11 is 0. The quantitative estimate of drug-likeness (QED) is 0.868. The van der Waals surface area contributed by atoms with Gasteiger partial charge < -0.3 is 14.8 Å². The molecule has 3 atom stereocenters. The maximum Gasteiger partial charge on any atom is 0.222 e. The first-order chi connectivity index (χ1) is 9.70. The van der Waals surface area contributed by atoms with E-state index >= 15 is 0 Å². The van der Waals surface area contributed by atoms with Gasteiger partial charge in [0, 0.05) is 26.2 Å². The molecular formula is C16H23NO3. The van der Waals surface area contributed by atoms with Crippen LogP contribution in [0.2, 0.25) is 0 Å². The Labute approximate surface area is 120 Å². The average molecular weight is 277 g/mol. The third-order valence-corrected chi connectivity index (χ3v) is 3.78. The number of nitrogens with one attached hydrogen (secondary N) is 1. The molecule has 0 aliphatic carbocycles. The molecule has 1 amide bonds. The summed E-state index contributed by atoms with van der Waals surface area (Å²) in [7, 11) is 1.62. The van der Waals surface area contributed by atoms with Crippen LogP contribution in [0.1, 0.15) is 31.4 Å². The highest BCUT2D eigenvalue weighted by Gasteiger charge is 2.29. The number of carbonyl (C=O) groups is 1. The van der Waals surface area contributed by atoms with Crippen LogP contribution in [0, 0.1) is 5.92 Å². The normalized spacial score (nSPS) is 23.5. The Kier molecular flexibility index (Phi) is 5.56. The molecule has 0 radical (unpaired) electrons. The van der Waals surface area contributed by atoms with E-state index in [9.17, 15) is 4.79 Å². The first-order valence-electron chi connectivity index (χ1n) is 7.16. The predicted octanol–water partition coefficient (Wildman–Crippen LogP) is 2.31. The molecule has 0 saturated carbocycles. The van der Waals surface area contributed by atoms with Crippen molar-refractivity contribution in [2.45, 2.75) is 32.0 Å². The summed E-state index contributed by atoms with van der Waals surface area (Å²) in [6.07, 6.45) is 1.44. The molecule has 0 bridgehead atoms. The van der Waals surface area contributed by atoms with Gasteiger partial charge in [0.15, 0.2) is 0 Å². The van der Waals surface area contributed by atoms with E-state index < -0.39 is 0 Å². The number of amides is 1. The van der Waals surface area contributed by atoms with Crippen LogP contribution >= 0.6 is 0 Å². The molecule has 0 aromatic heterocycles. The van der Waals surface area contributed by atoms with Crippen molar-refractivity contribution in [3.8, 4) is 0 Å².